The van der Waals surface area contributed by atoms with Crippen LogP contribution in [-0.4, -0.2) is 20.4 Å². The molecule has 5 nitrogen and oxygen atoms in total. The molecular weight excluding hydrogens is 356 g/mol. The summed E-state index contributed by atoms with van der Waals surface area (Å²) in [6, 6.07) is 17.7. The predicted molar refractivity (Wildman–Crippen MR) is 110 cm³/mol. The second-order valence-corrected chi connectivity index (χ2v) is 8.31. The van der Waals surface area contributed by atoms with E-state index in [9.17, 15) is 4.79 Å². The predicted octanol–water partition coefficient (Wildman–Crippen LogP) is 5.17. The first-order valence-corrected chi connectivity index (χ1v) is 9.56. The largest absolute Gasteiger partial charge is 0.305 e. The molecule has 0 aliphatic rings. The number of hydrogen-bond donors (Lipinski definition) is 1. The highest BCUT2D eigenvalue weighted by atomic mass is 32.1. The number of imidazole rings is 1. The summed E-state index contributed by atoms with van der Waals surface area (Å²) >= 11 is 1.37. The fourth-order valence-corrected chi connectivity index (χ4v) is 3.86. The summed E-state index contributed by atoms with van der Waals surface area (Å²) in [5, 5.41) is 3.80. The lowest BCUT2D eigenvalue weighted by atomic mass is 10.1. The van der Waals surface area contributed by atoms with E-state index in [0.717, 1.165) is 21.6 Å². The van der Waals surface area contributed by atoms with Gasteiger partial charge in [-0.25, -0.2) is 9.97 Å². The van der Waals surface area contributed by atoms with Gasteiger partial charge in [0, 0.05) is 11.1 Å². The van der Waals surface area contributed by atoms with E-state index in [2.05, 4.69) is 40.6 Å². The molecule has 2 heterocycles. The third-order valence-corrected chi connectivity index (χ3v) is 5.25. The second-order valence-electron chi connectivity index (χ2n) is 7.28. The molecule has 136 valence electrons. The first-order chi connectivity index (χ1) is 12.9. The lowest BCUT2D eigenvalue weighted by Gasteiger charge is -2.24. The quantitative estimate of drug-likeness (QED) is 0.537. The van der Waals surface area contributed by atoms with Gasteiger partial charge in [-0.3, -0.25) is 10.1 Å². The second kappa shape index (κ2) is 6.63. The molecule has 0 spiro atoms. The number of amides is 1. The average Bonchev–Trinajstić information content (AvgIpc) is 3.26. The van der Waals surface area contributed by atoms with Crippen molar-refractivity contribution in [3.05, 3.63) is 65.7 Å². The number of aromatic nitrogens is 3. The number of fused-ring (bicyclic) bond motifs is 1. The first kappa shape index (κ1) is 17.4. The normalized spacial score (nSPS) is 11.7. The summed E-state index contributed by atoms with van der Waals surface area (Å²) in [7, 11) is 0. The molecule has 0 bridgehead atoms. The van der Waals surface area contributed by atoms with Crippen LogP contribution in [-0.2, 0) is 5.54 Å². The third kappa shape index (κ3) is 3.36. The van der Waals surface area contributed by atoms with Crippen molar-refractivity contribution in [3.63, 3.8) is 0 Å². The minimum atomic E-state index is -0.221. The Morgan fingerprint density at radius 3 is 2.48 bits per heavy atom. The molecule has 27 heavy (non-hydrogen) atoms. The molecule has 0 atom stereocenters. The SMILES string of the molecule is CC(C)(C)n1c(NC(=O)c2cnc(-c3ccccc3)s2)nc2ccccc21. The topological polar surface area (TPSA) is 59.8 Å². The van der Waals surface area contributed by atoms with Crippen LogP contribution in [0.5, 0.6) is 0 Å². The molecule has 0 saturated carbocycles. The van der Waals surface area contributed by atoms with Crippen LogP contribution < -0.4 is 5.32 Å². The van der Waals surface area contributed by atoms with Gasteiger partial charge in [-0.15, -0.1) is 11.3 Å². The lowest BCUT2D eigenvalue weighted by molar-refractivity contribution is 0.102. The zero-order valence-electron chi connectivity index (χ0n) is 15.4. The van der Waals surface area contributed by atoms with Crippen molar-refractivity contribution in [3.8, 4) is 10.6 Å². The number of benzene rings is 2. The molecular formula is C21H20N4OS. The van der Waals surface area contributed by atoms with Crippen LogP contribution in [0.1, 0.15) is 30.4 Å². The number of nitrogens with zero attached hydrogens (tertiary/aromatic N) is 3. The zero-order valence-corrected chi connectivity index (χ0v) is 16.2. The number of carbonyl (C=O) groups excluding carboxylic acids is 1. The average molecular weight is 376 g/mol. The van der Waals surface area contributed by atoms with Gasteiger partial charge in [0.05, 0.1) is 17.2 Å². The highest BCUT2D eigenvalue weighted by Crippen LogP contribution is 2.29. The summed E-state index contributed by atoms with van der Waals surface area (Å²) in [5.74, 6) is 0.346. The van der Waals surface area contributed by atoms with Crippen LogP contribution in [0.15, 0.2) is 60.8 Å². The molecule has 0 fully saturated rings. The van der Waals surface area contributed by atoms with E-state index in [4.69, 9.17) is 0 Å². The minimum absolute atomic E-state index is 0.199. The standard InChI is InChI=1S/C21H20N4OS/c1-21(2,3)25-16-12-8-7-11-15(16)23-20(25)24-18(26)17-13-22-19(27-17)14-9-5-4-6-10-14/h4-13H,1-3H3,(H,23,24,26). The maximum Gasteiger partial charge on any atom is 0.269 e. The fraction of sp³-hybridized carbons (Fsp3) is 0.190. The van der Waals surface area contributed by atoms with Crippen LogP contribution in [0.25, 0.3) is 21.6 Å². The Morgan fingerprint density at radius 1 is 1.04 bits per heavy atom. The highest BCUT2D eigenvalue weighted by Gasteiger charge is 2.23. The summed E-state index contributed by atoms with van der Waals surface area (Å²) < 4.78 is 2.05. The van der Waals surface area contributed by atoms with E-state index in [1.54, 1.807) is 6.20 Å². The molecule has 0 saturated heterocycles. The number of hydrogen-bond acceptors (Lipinski definition) is 4. The Kier molecular flexibility index (Phi) is 4.28. The van der Waals surface area contributed by atoms with Gasteiger partial charge >= 0.3 is 0 Å². The van der Waals surface area contributed by atoms with Gasteiger partial charge in [-0.2, -0.15) is 0 Å². The van der Waals surface area contributed by atoms with Crippen molar-refractivity contribution in [2.24, 2.45) is 0 Å². The van der Waals surface area contributed by atoms with Gasteiger partial charge in [0.25, 0.3) is 5.91 Å². The minimum Gasteiger partial charge on any atom is -0.305 e. The van der Waals surface area contributed by atoms with Crippen molar-refractivity contribution in [1.82, 2.24) is 14.5 Å². The number of thiazole rings is 1. The highest BCUT2D eigenvalue weighted by molar-refractivity contribution is 7.17. The van der Waals surface area contributed by atoms with Crippen molar-refractivity contribution in [1.29, 1.82) is 0 Å². The zero-order chi connectivity index (χ0) is 19.0. The third-order valence-electron chi connectivity index (χ3n) is 4.21. The Labute approximate surface area is 161 Å². The van der Waals surface area contributed by atoms with Gasteiger partial charge in [-0.05, 0) is 32.9 Å². The Morgan fingerprint density at radius 2 is 1.74 bits per heavy atom. The molecule has 2 aromatic heterocycles. The molecule has 4 aromatic rings. The van der Waals surface area contributed by atoms with Gasteiger partial charge in [0.2, 0.25) is 5.95 Å². The van der Waals surface area contributed by atoms with Crippen molar-refractivity contribution < 1.29 is 4.79 Å². The number of carbonyl (C=O) groups is 1. The maximum absolute atomic E-state index is 12.8. The van der Waals surface area contributed by atoms with Crippen molar-refractivity contribution in [2.45, 2.75) is 26.3 Å². The smallest absolute Gasteiger partial charge is 0.269 e. The van der Waals surface area contributed by atoms with E-state index < -0.39 is 0 Å². The van der Waals surface area contributed by atoms with Crippen LogP contribution in [0, 0.1) is 0 Å². The number of nitrogens with one attached hydrogen (secondary N) is 1. The van der Waals surface area contributed by atoms with Crippen molar-refractivity contribution >= 4 is 34.2 Å². The van der Waals surface area contributed by atoms with Crippen LogP contribution in [0.4, 0.5) is 5.95 Å². The molecule has 0 aliphatic carbocycles. The van der Waals surface area contributed by atoms with E-state index >= 15 is 0 Å². The molecule has 2 aromatic carbocycles. The van der Waals surface area contributed by atoms with Gasteiger partial charge in [-0.1, -0.05) is 42.5 Å². The summed E-state index contributed by atoms with van der Waals surface area (Å²) in [4.78, 5) is 22.4. The van der Waals surface area contributed by atoms with E-state index in [0.29, 0.717) is 10.8 Å². The first-order valence-electron chi connectivity index (χ1n) is 8.74. The number of rotatable bonds is 3. The fourth-order valence-electron chi connectivity index (χ4n) is 3.05. The Hall–Kier alpha value is -2.99. The summed E-state index contributed by atoms with van der Waals surface area (Å²) in [6.45, 7) is 6.28. The van der Waals surface area contributed by atoms with E-state index in [-0.39, 0.29) is 11.4 Å². The summed E-state index contributed by atoms with van der Waals surface area (Å²) in [5.41, 5.74) is 2.64. The number of anilines is 1. The Balaban J connectivity index is 1.67. The Bertz CT molecular complexity index is 1110. The molecule has 1 N–H and O–H groups in total. The maximum atomic E-state index is 12.8. The molecule has 0 unspecified atom stereocenters. The lowest BCUT2D eigenvalue weighted by Crippen LogP contribution is -2.25. The molecule has 6 heteroatoms. The van der Waals surface area contributed by atoms with Gasteiger partial charge in [0.1, 0.15) is 9.88 Å². The molecule has 1 amide bonds. The molecule has 0 radical (unpaired) electrons. The van der Waals surface area contributed by atoms with E-state index in [1.807, 2.05) is 54.6 Å². The van der Waals surface area contributed by atoms with Gasteiger partial charge in [0.15, 0.2) is 0 Å². The summed E-state index contributed by atoms with van der Waals surface area (Å²) in [6.07, 6.45) is 1.62. The van der Waals surface area contributed by atoms with E-state index in [1.165, 1.54) is 11.3 Å². The van der Waals surface area contributed by atoms with Crippen LogP contribution in [0.2, 0.25) is 0 Å². The van der Waals surface area contributed by atoms with Crippen LogP contribution >= 0.6 is 11.3 Å². The number of para-hydroxylation sites is 2. The van der Waals surface area contributed by atoms with Crippen LogP contribution in [0.3, 0.4) is 0 Å². The monoisotopic (exact) mass is 376 g/mol. The molecule has 4 rings (SSSR count). The molecule has 0 aliphatic heterocycles. The van der Waals surface area contributed by atoms with Crippen molar-refractivity contribution in [2.75, 3.05) is 5.32 Å². The van der Waals surface area contributed by atoms with Gasteiger partial charge < -0.3 is 4.57 Å².